The van der Waals surface area contributed by atoms with Gasteiger partial charge in [-0.05, 0) is 22.3 Å². The first-order valence-corrected chi connectivity index (χ1v) is 10.7. The maximum absolute atomic E-state index is 12.4. The number of fused-ring (bicyclic) bond motifs is 4. The average molecular weight is 433 g/mol. The highest BCUT2D eigenvalue weighted by Gasteiger charge is 2.30. The normalized spacial score (nSPS) is 13.5. The number of hydrogen-bond donors (Lipinski definition) is 2. The number of nitrogens with zero attached hydrogens (tertiary/aromatic N) is 2. The molecule has 0 spiro atoms. The number of alkyl carbamates (subject to hydrolysis) is 1. The van der Waals surface area contributed by atoms with Crippen LogP contribution in [-0.4, -0.2) is 39.2 Å². The van der Waals surface area contributed by atoms with Gasteiger partial charge in [-0.15, -0.1) is 11.3 Å². The number of benzene rings is 2. The third-order valence-corrected chi connectivity index (χ3v) is 6.26. The molecule has 4 aromatic rings. The third-order valence-electron chi connectivity index (χ3n) is 5.49. The topological polar surface area (TPSA) is 92.9 Å². The Morgan fingerprint density at radius 1 is 1.13 bits per heavy atom. The second-order valence-corrected chi connectivity index (χ2v) is 8.26. The highest BCUT2D eigenvalue weighted by Crippen LogP contribution is 2.44. The predicted octanol–water partition coefficient (Wildman–Crippen LogP) is 3.93. The number of carboxylic acids is 1. The van der Waals surface area contributed by atoms with Crippen LogP contribution in [0.3, 0.4) is 0 Å². The Bertz CT molecular complexity index is 1200. The molecule has 0 saturated carbocycles. The van der Waals surface area contributed by atoms with Crippen molar-refractivity contribution < 1.29 is 19.4 Å². The van der Waals surface area contributed by atoms with Gasteiger partial charge in [0.05, 0.1) is 5.69 Å². The number of aromatic nitrogens is 2. The van der Waals surface area contributed by atoms with Crippen molar-refractivity contribution in [3.8, 4) is 11.1 Å². The van der Waals surface area contributed by atoms with Crippen molar-refractivity contribution in [1.29, 1.82) is 0 Å². The number of ether oxygens (including phenoxy) is 1. The molecule has 8 heteroatoms. The van der Waals surface area contributed by atoms with Crippen LogP contribution in [0, 0.1) is 0 Å². The minimum Gasteiger partial charge on any atom is -0.480 e. The van der Waals surface area contributed by atoms with Crippen LogP contribution in [0.2, 0.25) is 0 Å². The zero-order valence-corrected chi connectivity index (χ0v) is 17.2. The molecule has 1 aliphatic rings. The van der Waals surface area contributed by atoms with E-state index >= 15 is 0 Å². The van der Waals surface area contributed by atoms with E-state index in [4.69, 9.17) is 4.74 Å². The third kappa shape index (κ3) is 3.66. The van der Waals surface area contributed by atoms with E-state index in [1.165, 1.54) is 11.3 Å². The number of aliphatic carboxylic acids is 1. The number of carboxylic acid groups (broad SMARTS) is 1. The lowest BCUT2D eigenvalue weighted by atomic mass is 9.98. The van der Waals surface area contributed by atoms with E-state index in [-0.39, 0.29) is 18.9 Å². The summed E-state index contributed by atoms with van der Waals surface area (Å²) in [7, 11) is 0. The molecule has 0 fully saturated rings. The lowest BCUT2D eigenvalue weighted by Gasteiger charge is -2.17. The molecule has 2 aromatic carbocycles. The number of imidazole rings is 1. The Kier molecular flexibility index (Phi) is 4.91. The zero-order chi connectivity index (χ0) is 21.4. The molecule has 2 heterocycles. The van der Waals surface area contributed by atoms with Crippen LogP contribution >= 0.6 is 11.3 Å². The van der Waals surface area contributed by atoms with E-state index in [0.717, 1.165) is 27.2 Å². The summed E-state index contributed by atoms with van der Waals surface area (Å²) in [6, 6.07) is 15.0. The number of thiazole rings is 1. The average Bonchev–Trinajstić information content (AvgIpc) is 3.44. The van der Waals surface area contributed by atoms with Crippen molar-refractivity contribution in [1.82, 2.24) is 14.7 Å². The van der Waals surface area contributed by atoms with E-state index < -0.39 is 18.1 Å². The van der Waals surface area contributed by atoms with Gasteiger partial charge >= 0.3 is 12.1 Å². The maximum Gasteiger partial charge on any atom is 0.407 e. The van der Waals surface area contributed by atoms with Gasteiger partial charge in [-0.25, -0.2) is 14.6 Å². The Balaban J connectivity index is 1.26. The molecule has 1 amide bonds. The maximum atomic E-state index is 12.4. The molecule has 1 atom stereocenters. The minimum atomic E-state index is -1.13. The predicted molar refractivity (Wildman–Crippen MR) is 116 cm³/mol. The van der Waals surface area contributed by atoms with Gasteiger partial charge in [-0.1, -0.05) is 48.5 Å². The van der Waals surface area contributed by atoms with Gasteiger partial charge in [-0.2, -0.15) is 0 Å². The molecule has 5 rings (SSSR count). The molecule has 0 radical (unpaired) electrons. The summed E-state index contributed by atoms with van der Waals surface area (Å²) in [4.78, 5) is 29.3. The Hall–Kier alpha value is -3.65. The molecule has 7 nitrogen and oxygen atoms in total. The summed E-state index contributed by atoms with van der Waals surface area (Å²) in [6.45, 7) is 0.131. The quantitative estimate of drug-likeness (QED) is 0.481. The van der Waals surface area contributed by atoms with Crippen molar-refractivity contribution in [2.75, 3.05) is 6.61 Å². The smallest absolute Gasteiger partial charge is 0.407 e. The lowest BCUT2D eigenvalue weighted by Crippen LogP contribution is -2.43. The number of amides is 1. The first-order chi connectivity index (χ1) is 15.1. The Morgan fingerprint density at radius 2 is 1.81 bits per heavy atom. The fraction of sp³-hybridized carbons (Fsp3) is 0.174. The van der Waals surface area contributed by atoms with Crippen LogP contribution in [0.15, 0.2) is 66.3 Å². The van der Waals surface area contributed by atoms with Crippen molar-refractivity contribution >= 4 is 28.4 Å². The summed E-state index contributed by atoms with van der Waals surface area (Å²) in [5.74, 6) is -1.22. The SMILES string of the molecule is O=C(NC(Cc1cn2ccsc2n1)C(=O)O)OCC1c2ccccc2-c2ccccc21. The van der Waals surface area contributed by atoms with Crippen LogP contribution in [0.25, 0.3) is 16.1 Å². The van der Waals surface area contributed by atoms with Crippen molar-refractivity contribution in [3.05, 3.63) is 83.1 Å². The number of carbonyl (C=O) groups is 2. The summed E-state index contributed by atoms with van der Waals surface area (Å²) in [5, 5.41) is 13.9. The van der Waals surface area contributed by atoms with Crippen molar-refractivity contribution in [2.24, 2.45) is 0 Å². The molecular weight excluding hydrogens is 414 g/mol. The Labute approximate surface area is 181 Å². The summed E-state index contributed by atoms with van der Waals surface area (Å²) in [5.41, 5.74) is 5.07. The highest BCUT2D eigenvalue weighted by molar-refractivity contribution is 7.15. The second-order valence-electron chi connectivity index (χ2n) is 7.39. The van der Waals surface area contributed by atoms with E-state index in [1.54, 1.807) is 6.20 Å². The van der Waals surface area contributed by atoms with Gasteiger partial charge in [0.2, 0.25) is 0 Å². The fourth-order valence-electron chi connectivity index (χ4n) is 4.07. The van der Waals surface area contributed by atoms with Gasteiger partial charge in [0, 0.05) is 30.1 Å². The second kappa shape index (κ2) is 7.88. The number of carbonyl (C=O) groups excluding carboxylic acids is 1. The molecule has 156 valence electrons. The monoisotopic (exact) mass is 433 g/mol. The molecule has 2 aromatic heterocycles. The number of hydrogen-bond acceptors (Lipinski definition) is 5. The molecule has 0 bridgehead atoms. The van der Waals surface area contributed by atoms with Crippen LogP contribution in [0.5, 0.6) is 0 Å². The van der Waals surface area contributed by atoms with Gasteiger partial charge in [0.1, 0.15) is 12.6 Å². The first-order valence-electron chi connectivity index (χ1n) is 9.85. The van der Waals surface area contributed by atoms with Crippen molar-refractivity contribution in [2.45, 2.75) is 18.4 Å². The summed E-state index contributed by atoms with van der Waals surface area (Å²) < 4.78 is 7.29. The van der Waals surface area contributed by atoms with Gasteiger partial charge < -0.3 is 15.2 Å². The van der Waals surface area contributed by atoms with Crippen molar-refractivity contribution in [3.63, 3.8) is 0 Å². The number of rotatable bonds is 6. The minimum absolute atomic E-state index is 0.0773. The molecule has 31 heavy (non-hydrogen) atoms. The molecule has 1 aliphatic carbocycles. The van der Waals surface area contributed by atoms with Gasteiger partial charge in [-0.3, -0.25) is 4.40 Å². The molecule has 1 unspecified atom stereocenters. The van der Waals surface area contributed by atoms with Crippen LogP contribution < -0.4 is 5.32 Å². The Morgan fingerprint density at radius 3 is 2.45 bits per heavy atom. The molecule has 2 N–H and O–H groups in total. The van der Waals surface area contributed by atoms with Crippen LogP contribution in [0.1, 0.15) is 22.7 Å². The van der Waals surface area contributed by atoms with Crippen LogP contribution in [0.4, 0.5) is 4.79 Å². The fourth-order valence-corrected chi connectivity index (χ4v) is 4.78. The molecule has 0 aliphatic heterocycles. The first kappa shape index (κ1) is 19.3. The summed E-state index contributed by atoms with van der Waals surface area (Å²) in [6.07, 6.45) is 2.94. The molecule has 0 saturated heterocycles. The van der Waals surface area contributed by atoms with E-state index in [9.17, 15) is 14.7 Å². The van der Waals surface area contributed by atoms with Gasteiger partial charge in [0.25, 0.3) is 0 Å². The zero-order valence-electron chi connectivity index (χ0n) is 16.4. The molecular formula is C23H19N3O4S. The largest absolute Gasteiger partial charge is 0.480 e. The standard InChI is InChI=1S/C23H19N3O4S/c27-21(28)20(11-14-12-26-9-10-31-22(26)24-14)25-23(29)30-13-19-17-7-3-1-5-15(17)16-6-2-4-8-18(16)19/h1-10,12,19-20H,11,13H2,(H,25,29)(H,27,28). The van der Waals surface area contributed by atoms with Gasteiger partial charge in [0.15, 0.2) is 4.96 Å². The lowest BCUT2D eigenvalue weighted by molar-refractivity contribution is -0.139. The van der Waals surface area contributed by atoms with E-state index in [2.05, 4.69) is 22.4 Å². The number of nitrogens with one attached hydrogen (secondary N) is 1. The van der Waals surface area contributed by atoms with E-state index in [1.807, 2.05) is 52.4 Å². The van der Waals surface area contributed by atoms with Crippen LogP contribution in [-0.2, 0) is 16.0 Å². The summed E-state index contributed by atoms with van der Waals surface area (Å²) >= 11 is 1.46. The highest BCUT2D eigenvalue weighted by atomic mass is 32.1. The van der Waals surface area contributed by atoms with E-state index in [0.29, 0.717) is 5.69 Å².